The molecule has 0 radical (unpaired) electrons. The third-order valence-corrected chi connectivity index (χ3v) is 3.95. The molecule has 0 spiro atoms. The zero-order chi connectivity index (χ0) is 10.8. The summed E-state index contributed by atoms with van der Waals surface area (Å²) in [4.78, 5) is 0. The van der Waals surface area contributed by atoms with Gasteiger partial charge in [-0.15, -0.1) is 11.3 Å². The van der Waals surface area contributed by atoms with Crippen LogP contribution in [0.4, 0.5) is 0 Å². The molecule has 2 atom stereocenters. The van der Waals surface area contributed by atoms with Crippen LogP contribution in [-0.4, -0.2) is 19.7 Å². The fourth-order valence-corrected chi connectivity index (χ4v) is 3.19. The molecule has 1 aliphatic rings. The quantitative estimate of drug-likeness (QED) is 0.841. The first kappa shape index (κ1) is 11.7. The van der Waals surface area contributed by atoms with Crippen LogP contribution >= 0.6 is 34.5 Å². The number of rotatable bonds is 1. The first-order chi connectivity index (χ1) is 7.16. The maximum absolute atomic E-state index is 6.09. The fraction of sp³-hybridized carbons (Fsp3) is 0.600. The van der Waals surface area contributed by atoms with Crippen molar-refractivity contribution in [3.8, 4) is 0 Å². The molecule has 5 heteroatoms. The lowest BCUT2D eigenvalue weighted by Gasteiger charge is -2.14. The Morgan fingerprint density at radius 1 is 1.47 bits per heavy atom. The van der Waals surface area contributed by atoms with Crippen LogP contribution in [-0.2, 0) is 4.74 Å². The second-order valence-corrected chi connectivity index (χ2v) is 6.15. The van der Waals surface area contributed by atoms with E-state index in [1.807, 2.05) is 6.07 Å². The van der Waals surface area contributed by atoms with Crippen LogP contribution in [0.1, 0.15) is 18.6 Å². The Morgan fingerprint density at radius 3 is 2.93 bits per heavy atom. The monoisotopic (exact) mass is 265 g/mol. The van der Waals surface area contributed by atoms with Gasteiger partial charge in [0, 0.05) is 18.7 Å². The highest BCUT2D eigenvalue weighted by molar-refractivity contribution is 7.20. The van der Waals surface area contributed by atoms with Gasteiger partial charge < -0.3 is 10.1 Å². The van der Waals surface area contributed by atoms with Crippen molar-refractivity contribution >= 4 is 34.5 Å². The minimum absolute atomic E-state index is 0.0335. The van der Waals surface area contributed by atoms with Crippen molar-refractivity contribution in [3.63, 3.8) is 0 Å². The summed E-state index contributed by atoms with van der Waals surface area (Å²) in [7, 11) is 0. The first-order valence-corrected chi connectivity index (χ1v) is 6.51. The van der Waals surface area contributed by atoms with Crippen molar-refractivity contribution in [3.05, 3.63) is 20.3 Å². The molecule has 15 heavy (non-hydrogen) atoms. The smallest absolute Gasteiger partial charge is 0.100 e. The Balaban J connectivity index is 2.12. The molecule has 1 N–H and O–H groups in total. The van der Waals surface area contributed by atoms with Crippen LogP contribution in [0.2, 0.25) is 8.67 Å². The number of thiophene rings is 1. The molecule has 2 nitrogen and oxygen atoms in total. The van der Waals surface area contributed by atoms with Crippen molar-refractivity contribution in [2.75, 3.05) is 19.7 Å². The maximum Gasteiger partial charge on any atom is 0.100 e. The SMILES string of the molecule is CC1CNCC(c2cc(Cl)sc2Cl)OC1. The second kappa shape index (κ2) is 5.02. The molecule has 0 bridgehead atoms. The van der Waals surface area contributed by atoms with Crippen LogP contribution < -0.4 is 5.32 Å². The van der Waals surface area contributed by atoms with Gasteiger partial charge >= 0.3 is 0 Å². The molecule has 0 aromatic carbocycles. The van der Waals surface area contributed by atoms with Crippen LogP contribution in [0.5, 0.6) is 0 Å². The summed E-state index contributed by atoms with van der Waals surface area (Å²) in [5, 5.41) is 3.36. The minimum Gasteiger partial charge on any atom is -0.372 e. The minimum atomic E-state index is 0.0335. The standard InChI is InChI=1S/C10H13Cl2NOS/c1-6-3-13-4-8(14-5-6)7-2-9(11)15-10(7)12/h2,6,8,13H,3-5H2,1H3. The van der Waals surface area contributed by atoms with Crippen molar-refractivity contribution in [2.45, 2.75) is 13.0 Å². The Kier molecular flexibility index (Phi) is 3.91. The molecule has 1 fully saturated rings. The molecule has 0 saturated carbocycles. The Morgan fingerprint density at radius 2 is 2.27 bits per heavy atom. The van der Waals surface area contributed by atoms with E-state index in [1.54, 1.807) is 0 Å². The van der Waals surface area contributed by atoms with Crippen LogP contribution in [0.3, 0.4) is 0 Å². The summed E-state index contributed by atoms with van der Waals surface area (Å²) in [5.41, 5.74) is 1.01. The van der Waals surface area contributed by atoms with Gasteiger partial charge in [0.25, 0.3) is 0 Å². The molecule has 1 aromatic rings. The van der Waals surface area contributed by atoms with Crippen LogP contribution in [0.25, 0.3) is 0 Å². The second-order valence-electron chi connectivity index (χ2n) is 3.86. The molecule has 0 aliphatic carbocycles. The molecule has 1 aliphatic heterocycles. The van der Waals surface area contributed by atoms with Crippen LogP contribution in [0.15, 0.2) is 6.07 Å². The van der Waals surface area contributed by atoms with E-state index in [2.05, 4.69) is 12.2 Å². The van der Waals surface area contributed by atoms with E-state index in [1.165, 1.54) is 11.3 Å². The van der Waals surface area contributed by atoms with E-state index >= 15 is 0 Å². The van der Waals surface area contributed by atoms with E-state index < -0.39 is 0 Å². The van der Waals surface area contributed by atoms with E-state index in [4.69, 9.17) is 27.9 Å². The van der Waals surface area contributed by atoms with Gasteiger partial charge in [-0.2, -0.15) is 0 Å². The van der Waals surface area contributed by atoms with E-state index in [0.717, 1.165) is 33.9 Å². The van der Waals surface area contributed by atoms with Crippen LogP contribution in [0, 0.1) is 5.92 Å². The molecule has 1 aromatic heterocycles. The number of halogens is 2. The van der Waals surface area contributed by atoms with Crippen molar-refractivity contribution < 1.29 is 4.74 Å². The third kappa shape index (κ3) is 2.86. The lowest BCUT2D eigenvalue weighted by Crippen LogP contribution is -2.22. The Hall–Kier alpha value is 0.200. The number of ether oxygens (including phenoxy) is 1. The van der Waals surface area contributed by atoms with Gasteiger partial charge in [-0.25, -0.2) is 0 Å². The molecule has 0 amide bonds. The Bertz CT molecular complexity index is 342. The summed E-state index contributed by atoms with van der Waals surface area (Å²) in [6.07, 6.45) is 0.0335. The predicted octanol–water partition coefficient (Wildman–Crippen LogP) is 3.35. The van der Waals surface area contributed by atoms with E-state index in [0.29, 0.717) is 5.92 Å². The molecule has 2 rings (SSSR count). The average Bonchev–Trinajstić information content (AvgIpc) is 2.39. The molecular formula is C10H13Cl2NOS. The lowest BCUT2D eigenvalue weighted by atomic mass is 10.2. The zero-order valence-electron chi connectivity index (χ0n) is 8.43. The normalized spacial score (nSPS) is 27.7. The fourth-order valence-electron chi connectivity index (χ4n) is 1.63. The van der Waals surface area contributed by atoms with Gasteiger partial charge in [-0.3, -0.25) is 0 Å². The van der Waals surface area contributed by atoms with Gasteiger partial charge in [0.2, 0.25) is 0 Å². The topological polar surface area (TPSA) is 21.3 Å². The molecule has 1 saturated heterocycles. The van der Waals surface area contributed by atoms with Gasteiger partial charge in [0.1, 0.15) is 4.34 Å². The summed E-state index contributed by atoms with van der Waals surface area (Å²) < 4.78 is 7.25. The summed E-state index contributed by atoms with van der Waals surface area (Å²) in [6.45, 7) is 4.72. The van der Waals surface area contributed by atoms with Crippen molar-refractivity contribution in [2.24, 2.45) is 5.92 Å². The van der Waals surface area contributed by atoms with E-state index in [9.17, 15) is 0 Å². The molecular weight excluding hydrogens is 253 g/mol. The highest BCUT2D eigenvalue weighted by Gasteiger charge is 2.21. The maximum atomic E-state index is 6.09. The molecule has 84 valence electrons. The average molecular weight is 266 g/mol. The number of hydrogen-bond acceptors (Lipinski definition) is 3. The third-order valence-electron chi connectivity index (χ3n) is 2.43. The summed E-state index contributed by atoms with van der Waals surface area (Å²) in [5.74, 6) is 0.544. The van der Waals surface area contributed by atoms with E-state index in [-0.39, 0.29) is 6.10 Å². The molecule has 2 heterocycles. The van der Waals surface area contributed by atoms with Gasteiger partial charge in [-0.05, 0) is 12.0 Å². The summed E-state index contributed by atoms with van der Waals surface area (Å²) >= 11 is 13.4. The van der Waals surface area contributed by atoms with Gasteiger partial charge in [0.15, 0.2) is 0 Å². The van der Waals surface area contributed by atoms with Crippen molar-refractivity contribution in [1.29, 1.82) is 0 Å². The zero-order valence-corrected chi connectivity index (χ0v) is 10.8. The van der Waals surface area contributed by atoms with Gasteiger partial charge in [0.05, 0.1) is 17.0 Å². The highest BCUT2D eigenvalue weighted by Crippen LogP contribution is 2.36. The largest absolute Gasteiger partial charge is 0.372 e. The Labute approximate surface area is 104 Å². The lowest BCUT2D eigenvalue weighted by molar-refractivity contribution is 0.0518. The number of nitrogens with one attached hydrogen (secondary N) is 1. The summed E-state index contributed by atoms with van der Waals surface area (Å²) in [6, 6.07) is 1.90. The van der Waals surface area contributed by atoms with Gasteiger partial charge in [-0.1, -0.05) is 30.1 Å². The first-order valence-electron chi connectivity index (χ1n) is 4.94. The molecule has 2 unspecified atom stereocenters. The predicted molar refractivity (Wildman–Crippen MR) is 65.1 cm³/mol. The highest BCUT2D eigenvalue weighted by atomic mass is 35.5. The van der Waals surface area contributed by atoms with Crippen molar-refractivity contribution in [1.82, 2.24) is 5.32 Å². The number of hydrogen-bond donors (Lipinski definition) is 1.